The molecule has 1 saturated heterocycles. The van der Waals surface area contributed by atoms with Gasteiger partial charge in [-0.15, -0.1) is 10.2 Å². The second kappa shape index (κ2) is 7.75. The van der Waals surface area contributed by atoms with Crippen molar-refractivity contribution in [2.75, 3.05) is 16.8 Å². The van der Waals surface area contributed by atoms with Gasteiger partial charge in [-0.05, 0) is 56.0 Å². The van der Waals surface area contributed by atoms with Crippen molar-refractivity contribution >= 4 is 17.4 Å². The smallest absolute Gasteiger partial charge is 0.276 e. The van der Waals surface area contributed by atoms with E-state index in [9.17, 15) is 4.79 Å². The number of piperidine rings is 1. The molecule has 6 nitrogen and oxygen atoms in total. The molecule has 1 aliphatic rings. The van der Waals surface area contributed by atoms with Gasteiger partial charge in [-0.3, -0.25) is 4.79 Å². The van der Waals surface area contributed by atoms with Crippen molar-refractivity contribution in [2.45, 2.75) is 38.6 Å². The second-order valence-electron chi connectivity index (χ2n) is 6.17. The molecule has 1 amide bonds. The maximum Gasteiger partial charge on any atom is 0.276 e. The van der Waals surface area contributed by atoms with Crippen LogP contribution < -0.4 is 10.2 Å². The van der Waals surface area contributed by atoms with Crippen molar-refractivity contribution in [3.63, 3.8) is 0 Å². The van der Waals surface area contributed by atoms with Crippen LogP contribution >= 0.6 is 0 Å². The number of hydrogen-bond donors (Lipinski definition) is 1. The maximum atomic E-state index is 12.3. The van der Waals surface area contributed by atoms with E-state index in [1.54, 1.807) is 30.3 Å². The number of nitrogens with zero attached hydrogens (tertiary/aromatic N) is 4. The monoisotopic (exact) mass is 335 g/mol. The number of benzene rings is 1. The Kier molecular flexibility index (Phi) is 5.24. The van der Waals surface area contributed by atoms with E-state index in [0.717, 1.165) is 25.2 Å². The van der Waals surface area contributed by atoms with Crippen LogP contribution in [0.2, 0.25) is 0 Å². The number of amides is 1. The molecule has 2 heterocycles. The van der Waals surface area contributed by atoms with E-state index in [2.05, 4.69) is 27.3 Å². The largest absolute Gasteiger partial charge is 0.352 e. The van der Waals surface area contributed by atoms with Crippen molar-refractivity contribution in [3.05, 3.63) is 47.7 Å². The molecule has 128 valence electrons. The van der Waals surface area contributed by atoms with Crippen molar-refractivity contribution in [1.82, 2.24) is 10.2 Å². The lowest BCUT2D eigenvalue weighted by molar-refractivity contribution is 0.102. The third kappa shape index (κ3) is 3.94. The average Bonchev–Trinajstić information content (AvgIpc) is 2.68. The van der Waals surface area contributed by atoms with Gasteiger partial charge in [0.05, 0.1) is 11.6 Å². The van der Waals surface area contributed by atoms with Crippen LogP contribution in [0.25, 0.3) is 0 Å². The Labute approximate surface area is 147 Å². The molecule has 1 N–H and O–H groups in total. The highest BCUT2D eigenvalue weighted by atomic mass is 16.1. The molecule has 1 atom stereocenters. The number of carbonyl (C=O) groups is 1. The molecule has 3 rings (SSSR count). The minimum atomic E-state index is -0.333. The number of nitriles is 1. The Morgan fingerprint density at radius 3 is 2.92 bits per heavy atom. The molecule has 0 saturated carbocycles. The molecule has 0 aliphatic carbocycles. The summed E-state index contributed by atoms with van der Waals surface area (Å²) in [7, 11) is 0. The van der Waals surface area contributed by atoms with E-state index >= 15 is 0 Å². The molecule has 1 aromatic heterocycles. The average molecular weight is 335 g/mol. The van der Waals surface area contributed by atoms with E-state index in [4.69, 9.17) is 5.26 Å². The van der Waals surface area contributed by atoms with Gasteiger partial charge in [0.15, 0.2) is 11.5 Å². The molecule has 0 bridgehead atoms. The first-order chi connectivity index (χ1) is 12.2. The summed E-state index contributed by atoms with van der Waals surface area (Å²) in [4.78, 5) is 14.6. The highest BCUT2D eigenvalue weighted by Gasteiger charge is 2.22. The third-order valence-corrected chi connectivity index (χ3v) is 4.53. The van der Waals surface area contributed by atoms with Crippen molar-refractivity contribution in [2.24, 2.45) is 0 Å². The molecule has 0 radical (unpaired) electrons. The van der Waals surface area contributed by atoms with E-state index in [0.29, 0.717) is 17.3 Å². The third-order valence-electron chi connectivity index (χ3n) is 4.53. The van der Waals surface area contributed by atoms with Gasteiger partial charge in [0.2, 0.25) is 0 Å². The van der Waals surface area contributed by atoms with Crippen molar-refractivity contribution in [1.29, 1.82) is 5.26 Å². The number of carbonyl (C=O) groups excluding carboxylic acids is 1. The summed E-state index contributed by atoms with van der Waals surface area (Å²) in [5.74, 6) is 0.495. The van der Waals surface area contributed by atoms with Gasteiger partial charge in [-0.25, -0.2) is 0 Å². The number of anilines is 2. The fraction of sp³-hybridized carbons (Fsp3) is 0.368. The summed E-state index contributed by atoms with van der Waals surface area (Å²) in [5.41, 5.74) is 1.32. The quantitative estimate of drug-likeness (QED) is 0.926. The molecular weight excluding hydrogens is 314 g/mol. The van der Waals surface area contributed by atoms with Crippen LogP contribution in [-0.2, 0) is 0 Å². The lowest BCUT2D eigenvalue weighted by Gasteiger charge is -2.35. The van der Waals surface area contributed by atoms with Crippen molar-refractivity contribution in [3.8, 4) is 6.07 Å². The molecule has 1 aliphatic heterocycles. The summed E-state index contributed by atoms with van der Waals surface area (Å²) in [5, 5.41) is 20.0. The Morgan fingerprint density at radius 2 is 2.20 bits per heavy atom. The fourth-order valence-corrected chi connectivity index (χ4v) is 3.19. The van der Waals surface area contributed by atoms with Gasteiger partial charge in [-0.1, -0.05) is 13.0 Å². The molecule has 0 spiro atoms. The Bertz CT molecular complexity index is 781. The summed E-state index contributed by atoms with van der Waals surface area (Å²) >= 11 is 0. The van der Waals surface area contributed by atoms with Crippen LogP contribution in [0.15, 0.2) is 36.4 Å². The predicted octanol–water partition coefficient (Wildman–Crippen LogP) is 3.37. The first kappa shape index (κ1) is 16.9. The SMILES string of the molecule is CCC1CCCCN1c1ccc(C(=O)Nc2cccc(C#N)c2)nn1. The zero-order chi connectivity index (χ0) is 17.6. The van der Waals surface area contributed by atoms with Crippen LogP contribution in [-0.4, -0.2) is 28.7 Å². The van der Waals surface area contributed by atoms with Crippen molar-refractivity contribution < 1.29 is 4.79 Å². The molecular formula is C19H21N5O. The Balaban J connectivity index is 1.71. The Morgan fingerprint density at radius 1 is 1.32 bits per heavy atom. The van der Waals surface area contributed by atoms with E-state index < -0.39 is 0 Å². The van der Waals surface area contributed by atoms with Crippen LogP contribution in [0.1, 0.15) is 48.7 Å². The molecule has 1 unspecified atom stereocenters. The molecule has 6 heteroatoms. The molecule has 2 aromatic rings. The van der Waals surface area contributed by atoms with Gasteiger partial charge in [-0.2, -0.15) is 5.26 Å². The van der Waals surface area contributed by atoms with Crippen LogP contribution in [0.5, 0.6) is 0 Å². The number of aromatic nitrogens is 2. The zero-order valence-electron chi connectivity index (χ0n) is 14.3. The number of hydrogen-bond acceptors (Lipinski definition) is 5. The highest BCUT2D eigenvalue weighted by Crippen LogP contribution is 2.24. The van der Waals surface area contributed by atoms with Crippen LogP contribution in [0, 0.1) is 11.3 Å². The summed E-state index contributed by atoms with van der Waals surface area (Å²) in [6.07, 6.45) is 4.68. The van der Waals surface area contributed by atoms with Gasteiger partial charge < -0.3 is 10.2 Å². The van der Waals surface area contributed by atoms with Gasteiger partial charge >= 0.3 is 0 Å². The highest BCUT2D eigenvalue weighted by molar-refractivity contribution is 6.02. The number of rotatable bonds is 4. The standard InChI is InChI=1S/C19H21N5O/c1-2-16-8-3-4-11-24(16)18-10-9-17(22-23-18)19(25)21-15-7-5-6-14(12-15)13-20/h5-7,9-10,12,16H,2-4,8,11H2,1H3,(H,21,25). The van der Waals surface area contributed by atoms with Gasteiger partial charge in [0.1, 0.15) is 0 Å². The van der Waals surface area contributed by atoms with Crippen LogP contribution in [0.3, 0.4) is 0 Å². The summed E-state index contributed by atoms with van der Waals surface area (Å²) < 4.78 is 0. The topological polar surface area (TPSA) is 81.9 Å². The van der Waals surface area contributed by atoms with Gasteiger partial charge in [0, 0.05) is 18.3 Å². The van der Waals surface area contributed by atoms with E-state index in [-0.39, 0.29) is 11.6 Å². The molecule has 25 heavy (non-hydrogen) atoms. The molecule has 1 fully saturated rings. The van der Waals surface area contributed by atoms with E-state index in [1.165, 1.54) is 12.8 Å². The predicted molar refractivity (Wildman–Crippen MR) is 96.4 cm³/mol. The zero-order valence-corrected chi connectivity index (χ0v) is 14.3. The minimum absolute atomic E-state index is 0.260. The first-order valence-electron chi connectivity index (χ1n) is 8.63. The van der Waals surface area contributed by atoms with Crippen LogP contribution in [0.4, 0.5) is 11.5 Å². The second-order valence-corrected chi connectivity index (χ2v) is 6.17. The lowest BCUT2D eigenvalue weighted by Crippen LogP contribution is -2.39. The first-order valence-corrected chi connectivity index (χ1v) is 8.63. The summed E-state index contributed by atoms with van der Waals surface area (Å²) in [6.45, 7) is 3.17. The van der Waals surface area contributed by atoms with E-state index in [1.807, 2.05) is 12.1 Å². The minimum Gasteiger partial charge on any atom is -0.352 e. The maximum absolute atomic E-state index is 12.3. The number of nitrogens with one attached hydrogen (secondary N) is 1. The molecule has 1 aromatic carbocycles. The summed E-state index contributed by atoms with van der Waals surface area (Å²) in [6, 6.07) is 12.9. The normalized spacial score (nSPS) is 17.0. The lowest BCUT2D eigenvalue weighted by atomic mass is 10.0. The fourth-order valence-electron chi connectivity index (χ4n) is 3.19. The van der Waals surface area contributed by atoms with Gasteiger partial charge in [0.25, 0.3) is 5.91 Å². The Hall–Kier alpha value is -2.94.